The standard InChI is InChI=1S/C23H23N3O3S/c1-17(23(28)26(16-8-15-24)18-9-3-2-4-10-18)29-22(27)14-7-13-21-25-19-11-5-6-12-20(19)30-21/h2-6,9-12,17H,7-8,13-14,16H2,1H3/t17-/m1/s1. The van der Waals surface area contributed by atoms with Crippen LogP contribution in [0.3, 0.4) is 0 Å². The van der Waals surface area contributed by atoms with Gasteiger partial charge in [-0.2, -0.15) is 5.26 Å². The predicted octanol–water partition coefficient (Wildman–Crippen LogP) is 4.50. The predicted molar refractivity (Wildman–Crippen MR) is 117 cm³/mol. The maximum absolute atomic E-state index is 12.8. The molecule has 3 aromatic rings. The van der Waals surface area contributed by atoms with E-state index >= 15 is 0 Å². The molecule has 0 radical (unpaired) electrons. The molecule has 0 saturated heterocycles. The Hall–Kier alpha value is -3.24. The number of rotatable bonds is 9. The van der Waals surface area contributed by atoms with Gasteiger partial charge in [0.15, 0.2) is 6.10 Å². The molecule has 1 atom stereocenters. The summed E-state index contributed by atoms with van der Waals surface area (Å²) >= 11 is 1.63. The van der Waals surface area contributed by atoms with Crippen LogP contribution in [0.25, 0.3) is 10.2 Å². The minimum atomic E-state index is -0.918. The third-order valence-corrected chi connectivity index (χ3v) is 5.64. The quantitative estimate of drug-likeness (QED) is 0.475. The summed E-state index contributed by atoms with van der Waals surface area (Å²) in [6, 6.07) is 19.1. The molecule has 1 amide bonds. The second-order valence-electron chi connectivity index (χ2n) is 6.79. The Morgan fingerprint density at radius 2 is 1.90 bits per heavy atom. The van der Waals surface area contributed by atoms with E-state index in [4.69, 9.17) is 10.00 Å². The highest BCUT2D eigenvalue weighted by atomic mass is 32.1. The van der Waals surface area contributed by atoms with Crippen molar-refractivity contribution in [1.82, 2.24) is 4.98 Å². The second-order valence-corrected chi connectivity index (χ2v) is 7.91. The van der Waals surface area contributed by atoms with Crippen LogP contribution in [0.4, 0.5) is 5.69 Å². The summed E-state index contributed by atoms with van der Waals surface area (Å²) in [6.45, 7) is 1.81. The van der Waals surface area contributed by atoms with Crippen molar-refractivity contribution in [3.8, 4) is 6.07 Å². The zero-order chi connectivity index (χ0) is 21.3. The van der Waals surface area contributed by atoms with Crippen LogP contribution in [-0.4, -0.2) is 29.5 Å². The molecular formula is C23H23N3O3S. The monoisotopic (exact) mass is 421 g/mol. The second kappa shape index (κ2) is 10.5. The first-order valence-electron chi connectivity index (χ1n) is 9.86. The number of aryl methyl sites for hydroxylation is 1. The number of thiazole rings is 1. The van der Waals surface area contributed by atoms with Crippen molar-refractivity contribution in [1.29, 1.82) is 5.26 Å². The van der Waals surface area contributed by atoms with Crippen molar-refractivity contribution in [2.24, 2.45) is 0 Å². The summed E-state index contributed by atoms with van der Waals surface area (Å²) in [5, 5.41) is 9.87. The Bertz CT molecular complexity index is 1010. The molecule has 30 heavy (non-hydrogen) atoms. The van der Waals surface area contributed by atoms with Gasteiger partial charge < -0.3 is 9.64 Å². The lowest BCUT2D eigenvalue weighted by Crippen LogP contribution is -2.40. The number of hydrogen-bond donors (Lipinski definition) is 0. The maximum Gasteiger partial charge on any atom is 0.306 e. The van der Waals surface area contributed by atoms with Gasteiger partial charge in [0.25, 0.3) is 5.91 Å². The molecule has 0 saturated carbocycles. The Labute approximate surface area is 179 Å². The van der Waals surface area contributed by atoms with Gasteiger partial charge in [-0.05, 0) is 44.0 Å². The number of carbonyl (C=O) groups excluding carboxylic acids is 2. The van der Waals surface area contributed by atoms with Gasteiger partial charge >= 0.3 is 5.97 Å². The average Bonchev–Trinajstić information content (AvgIpc) is 3.17. The fourth-order valence-electron chi connectivity index (χ4n) is 3.07. The van der Waals surface area contributed by atoms with E-state index in [1.54, 1.807) is 30.4 Å². The number of hydrogen-bond acceptors (Lipinski definition) is 6. The summed E-state index contributed by atoms with van der Waals surface area (Å²) in [4.78, 5) is 31.1. The first-order chi connectivity index (χ1) is 14.6. The van der Waals surface area contributed by atoms with E-state index in [1.165, 1.54) is 4.90 Å². The van der Waals surface area contributed by atoms with E-state index in [9.17, 15) is 9.59 Å². The third-order valence-electron chi connectivity index (χ3n) is 4.55. The highest BCUT2D eigenvalue weighted by Gasteiger charge is 2.24. The van der Waals surface area contributed by atoms with Crippen LogP contribution in [0.5, 0.6) is 0 Å². The molecule has 6 nitrogen and oxygen atoms in total. The molecule has 0 bridgehead atoms. The van der Waals surface area contributed by atoms with Crippen LogP contribution in [0.1, 0.15) is 31.2 Å². The summed E-state index contributed by atoms with van der Waals surface area (Å²) < 4.78 is 6.49. The van der Waals surface area contributed by atoms with Crippen molar-refractivity contribution >= 4 is 39.1 Å². The number of carbonyl (C=O) groups is 2. The Kier molecular flexibility index (Phi) is 7.52. The van der Waals surface area contributed by atoms with Gasteiger partial charge in [-0.25, -0.2) is 4.98 Å². The molecular weight excluding hydrogens is 398 g/mol. The number of fused-ring (bicyclic) bond motifs is 1. The summed E-state index contributed by atoms with van der Waals surface area (Å²) in [7, 11) is 0. The molecule has 1 heterocycles. The summed E-state index contributed by atoms with van der Waals surface area (Å²) in [5.74, 6) is -0.749. The van der Waals surface area contributed by atoms with Gasteiger partial charge in [-0.3, -0.25) is 9.59 Å². The number of amides is 1. The highest BCUT2D eigenvalue weighted by molar-refractivity contribution is 7.18. The number of ether oxygens (including phenoxy) is 1. The zero-order valence-corrected chi connectivity index (χ0v) is 17.6. The van der Waals surface area contributed by atoms with Crippen LogP contribution in [0.15, 0.2) is 54.6 Å². The molecule has 1 aromatic heterocycles. The van der Waals surface area contributed by atoms with Crippen LogP contribution >= 0.6 is 11.3 Å². The molecule has 0 fully saturated rings. The van der Waals surface area contributed by atoms with Crippen LogP contribution in [-0.2, 0) is 20.7 Å². The number of aromatic nitrogens is 1. The molecule has 0 unspecified atom stereocenters. The van der Waals surface area contributed by atoms with Crippen molar-refractivity contribution in [2.45, 2.75) is 38.7 Å². The molecule has 0 aliphatic carbocycles. The van der Waals surface area contributed by atoms with E-state index < -0.39 is 12.1 Å². The molecule has 0 N–H and O–H groups in total. The fraction of sp³-hybridized carbons (Fsp3) is 0.304. The summed E-state index contributed by atoms with van der Waals surface area (Å²) in [6.07, 6.45) is 0.797. The number of nitriles is 1. The van der Waals surface area contributed by atoms with E-state index in [0.29, 0.717) is 18.5 Å². The van der Waals surface area contributed by atoms with Gasteiger partial charge in [-0.1, -0.05) is 30.3 Å². The first kappa shape index (κ1) is 21.5. The van der Waals surface area contributed by atoms with Crippen LogP contribution in [0, 0.1) is 11.3 Å². The van der Waals surface area contributed by atoms with Crippen molar-refractivity contribution < 1.29 is 14.3 Å². The van der Waals surface area contributed by atoms with E-state index in [2.05, 4.69) is 4.98 Å². The van der Waals surface area contributed by atoms with Gasteiger partial charge in [0.2, 0.25) is 0 Å². The number of benzene rings is 2. The van der Waals surface area contributed by atoms with Crippen molar-refractivity contribution in [3.05, 3.63) is 59.6 Å². The third kappa shape index (κ3) is 5.65. The normalized spacial score (nSPS) is 11.6. The largest absolute Gasteiger partial charge is 0.453 e. The number of nitrogens with zero attached hydrogens (tertiary/aromatic N) is 3. The van der Waals surface area contributed by atoms with E-state index in [-0.39, 0.29) is 25.3 Å². The van der Waals surface area contributed by atoms with Gasteiger partial charge in [0.1, 0.15) is 0 Å². The molecule has 2 aromatic carbocycles. The van der Waals surface area contributed by atoms with E-state index in [1.807, 2.05) is 48.5 Å². The summed E-state index contributed by atoms with van der Waals surface area (Å²) in [5.41, 5.74) is 1.65. The molecule has 154 valence electrons. The van der Waals surface area contributed by atoms with Crippen molar-refractivity contribution in [2.75, 3.05) is 11.4 Å². The van der Waals surface area contributed by atoms with Crippen LogP contribution < -0.4 is 4.90 Å². The van der Waals surface area contributed by atoms with Crippen LogP contribution in [0.2, 0.25) is 0 Å². The molecule has 0 spiro atoms. The number of anilines is 1. The smallest absolute Gasteiger partial charge is 0.306 e. The number of para-hydroxylation sites is 2. The first-order valence-corrected chi connectivity index (χ1v) is 10.7. The fourth-order valence-corrected chi connectivity index (χ4v) is 4.08. The molecule has 3 rings (SSSR count). The SMILES string of the molecule is C[C@@H](OC(=O)CCCc1nc2ccccc2s1)C(=O)N(CCC#N)c1ccccc1. The molecule has 0 aliphatic rings. The van der Waals surface area contributed by atoms with Gasteiger partial charge in [0.05, 0.1) is 27.7 Å². The van der Waals surface area contributed by atoms with E-state index in [0.717, 1.165) is 15.2 Å². The number of esters is 1. The highest BCUT2D eigenvalue weighted by Crippen LogP contribution is 2.23. The van der Waals surface area contributed by atoms with Gasteiger partial charge in [0, 0.05) is 18.7 Å². The Morgan fingerprint density at radius 1 is 1.17 bits per heavy atom. The Morgan fingerprint density at radius 3 is 2.63 bits per heavy atom. The Balaban J connectivity index is 1.51. The topological polar surface area (TPSA) is 83.3 Å². The minimum absolute atomic E-state index is 0.198. The molecule has 0 aliphatic heterocycles. The lowest BCUT2D eigenvalue weighted by Gasteiger charge is -2.25. The maximum atomic E-state index is 12.8. The minimum Gasteiger partial charge on any atom is -0.453 e. The zero-order valence-electron chi connectivity index (χ0n) is 16.8. The van der Waals surface area contributed by atoms with Crippen molar-refractivity contribution in [3.63, 3.8) is 0 Å². The van der Waals surface area contributed by atoms with Gasteiger partial charge in [-0.15, -0.1) is 11.3 Å². The lowest BCUT2D eigenvalue weighted by atomic mass is 10.2. The average molecular weight is 422 g/mol. The molecule has 7 heteroatoms. The lowest BCUT2D eigenvalue weighted by molar-refractivity contribution is -0.154.